The van der Waals surface area contributed by atoms with E-state index in [0.717, 1.165) is 62.0 Å². The van der Waals surface area contributed by atoms with Gasteiger partial charge in [-0.15, -0.1) is 0 Å². The Labute approximate surface area is 143 Å². The number of hydrogen-bond acceptors (Lipinski definition) is 3. The fourth-order valence-corrected chi connectivity index (χ4v) is 3.34. The van der Waals surface area contributed by atoms with E-state index in [1.54, 1.807) is 7.11 Å². The summed E-state index contributed by atoms with van der Waals surface area (Å²) in [4.78, 5) is 18.2. The van der Waals surface area contributed by atoms with Crippen LogP contribution in [-0.4, -0.2) is 40.6 Å². The average Bonchev–Trinajstić information content (AvgIpc) is 3.34. The van der Waals surface area contributed by atoms with E-state index in [1.165, 1.54) is 5.56 Å². The van der Waals surface area contributed by atoms with Crippen LogP contribution >= 0.6 is 0 Å². The minimum atomic E-state index is 0.0854. The van der Waals surface area contributed by atoms with Crippen molar-refractivity contribution in [2.45, 2.75) is 58.2 Å². The zero-order valence-corrected chi connectivity index (χ0v) is 14.9. The third-order valence-electron chi connectivity index (χ3n) is 4.88. The number of ether oxygens (including phenoxy) is 1. The molecule has 1 atom stereocenters. The summed E-state index contributed by atoms with van der Waals surface area (Å²) >= 11 is 0. The highest BCUT2D eigenvalue weighted by atomic mass is 16.5. The quantitative estimate of drug-likeness (QED) is 0.523. The van der Waals surface area contributed by atoms with E-state index in [4.69, 9.17) is 9.72 Å². The van der Waals surface area contributed by atoms with Gasteiger partial charge in [-0.1, -0.05) is 0 Å². The molecule has 1 saturated carbocycles. The molecule has 5 nitrogen and oxygen atoms in total. The van der Waals surface area contributed by atoms with E-state index < -0.39 is 0 Å². The minimum Gasteiger partial charge on any atom is -0.385 e. The van der Waals surface area contributed by atoms with E-state index in [2.05, 4.69) is 29.8 Å². The highest BCUT2D eigenvalue weighted by Crippen LogP contribution is 2.36. The highest BCUT2D eigenvalue weighted by Gasteiger charge is 2.32. The summed E-state index contributed by atoms with van der Waals surface area (Å²) in [6.07, 6.45) is 7.53. The minimum absolute atomic E-state index is 0.0854. The second kappa shape index (κ2) is 7.34. The van der Waals surface area contributed by atoms with Crippen LogP contribution in [0.3, 0.4) is 0 Å². The molecule has 0 N–H and O–H groups in total. The molecule has 0 spiro atoms. The Balaban J connectivity index is 1.90. The van der Waals surface area contributed by atoms with Gasteiger partial charge in [0.25, 0.3) is 0 Å². The number of fused-ring (bicyclic) bond motifs is 1. The zero-order chi connectivity index (χ0) is 17.1. The fourth-order valence-electron chi connectivity index (χ4n) is 3.34. The molecule has 1 amide bonds. The summed E-state index contributed by atoms with van der Waals surface area (Å²) in [6.45, 7) is 5.85. The number of aryl methyl sites for hydroxylation is 2. The van der Waals surface area contributed by atoms with Crippen molar-refractivity contribution in [1.29, 1.82) is 0 Å². The van der Waals surface area contributed by atoms with E-state index in [-0.39, 0.29) is 6.04 Å². The summed E-state index contributed by atoms with van der Waals surface area (Å²) in [5, 5.41) is 1.16. The van der Waals surface area contributed by atoms with Crippen molar-refractivity contribution in [3.63, 3.8) is 0 Å². The first-order chi connectivity index (χ1) is 11.7. The number of pyridine rings is 1. The Kier molecular flexibility index (Phi) is 5.19. The zero-order valence-electron chi connectivity index (χ0n) is 14.9. The highest BCUT2D eigenvalue weighted by molar-refractivity contribution is 5.81. The van der Waals surface area contributed by atoms with Crippen molar-refractivity contribution >= 4 is 17.4 Å². The van der Waals surface area contributed by atoms with Crippen LogP contribution in [-0.2, 0) is 16.1 Å². The van der Waals surface area contributed by atoms with Crippen LogP contribution in [0.15, 0.2) is 18.3 Å². The predicted molar refractivity (Wildman–Crippen MR) is 94.9 cm³/mol. The van der Waals surface area contributed by atoms with E-state index in [0.29, 0.717) is 6.04 Å². The van der Waals surface area contributed by atoms with Gasteiger partial charge in [0.05, 0.1) is 6.04 Å². The van der Waals surface area contributed by atoms with E-state index in [1.807, 2.05) is 11.8 Å². The van der Waals surface area contributed by atoms with Gasteiger partial charge in [-0.3, -0.25) is 4.79 Å². The molecule has 5 heteroatoms. The summed E-state index contributed by atoms with van der Waals surface area (Å²) in [6, 6.07) is 4.69. The van der Waals surface area contributed by atoms with Crippen molar-refractivity contribution < 1.29 is 9.53 Å². The Morgan fingerprint density at radius 2 is 2.21 bits per heavy atom. The van der Waals surface area contributed by atoms with Crippen molar-refractivity contribution in [3.8, 4) is 0 Å². The lowest BCUT2D eigenvalue weighted by atomic mass is 10.1. The normalized spacial score (nSPS) is 15.6. The summed E-state index contributed by atoms with van der Waals surface area (Å²) in [7, 11) is 1.74. The second-order valence-electron chi connectivity index (χ2n) is 6.76. The number of carbonyl (C=O) groups excluding carboxylic acids is 1. The molecule has 2 heterocycles. The number of methoxy groups -OCH3 is 1. The van der Waals surface area contributed by atoms with Gasteiger partial charge in [0.15, 0.2) is 0 Å². The molecule has 1 aliphatic rings. The number of hydrogen-bond donors (Lipinski definition) is 0. The monoisotopic (exact) mass is 329 g/mol. The molecule has 0 aromatic carbocycles. The van der Waals surface area contributed by atoms with Crippen LogP contribution in [0.5, 0.6) is 0 Å². The van der Waals surface area contributed by atoms with E-state index in [9.17, 15) is 4.79 Å². The van der Waals surface area contributed by atoms with Gasteiger partial charge in [-0.25, -0.2) is 4.98 Å². The van der Waals surface area contributed by atoms with Gasteiger partial charge in [0.2, 0.25) is 6.41 Å². The van der Waals surface area contributed by atoms with Crippen LogP contribution in [0.4, 0.5) is 0 Å². The lowest BCUT2D eigenvalue weighted by molar-refractivity contribution is -0.120. The van der Waals surface area contributed by atoms with Gasteiger partial charge in [-0.05, 0) is 51.7 Å². The Morgan fingerprint density at radius 1 is 1.42 bits per heavy atom. The third kappa shape index (κ3) is 3.46. The first kappa shape index (κ1) is 17.0. The van der Waals surface area contributed by atoms with Gasteiger partial charge in [-0.2, -0.15) is 0 Å². The van der Waals surface area contributed by atoms with Crippen LogP contribution in [0.1, 0.15) is 49.9 Å². The topological polar surface area (TPSA) is 47.4 Å². The molecular formula is C19H27N3O2. The molecule has 0 unspecified atom stereocenters. The van der Waals surface area contributed by atoms with Crippen LogP contribution < -0.4 is 0 Å². The standard InChI is InChI=1S/C19H27N3O2/c1-14-6-9-17-18(15(2)22(13-23)16-7-8-16)12-21(19(17)20-14)10-4-5-11-24-3/h6,9,12-13,15-16H,4-5,7-8,10-11H2,1-3H3/t15-/m0/s1. The molecule has 1 aliphatic carbocycles. The lowest BCUT2D eigenvalue weighted by Crippen LogP contribution is -2.27. The van der Waals surface area contributed by atoms with Gasteiger partial charge < -0.3 is 14.2 Å². The molecule has 1 fully saturated rings. The molecule has 0 saturated heterocycles. The SMILES string of the molecule is COCCCCn1cc([C@H](C)N(C=O)C2CC2)c2ccc(C)nc21. The van der Waals surface area contributed by atoms with Crippen LogP contribution in [0.2, 0.25) is 0 Å². The maximum absolute atomic E-state index is 11.5. The van der Waals surface area contributed by atoms with Crippen molar-refractivity contribution in [2.24, 2.45) is 0 Å². The van der Waals surface area contributed by atoms with Crippen molar-refractivity contribution in [2.75, 3.05) is 13.7 Å². The second-order valence-corrected chi connectivity index (χ2v) is 6.76. The largest absolute Gasteiger partial charge is 0.385 e. The Hall–Kier alpha value is -1.88. The average molecular weight is 329 g/mol. The van der Waals surface area contributed by atoms with Crippen molar-refractivity contribution in [1.82, 2.24) is 14.5 Å². The molecule has 2 aromatic heterocycles. The molecule has 0 radical (unpaired) electrons. The summed E-state index contributed by atoms with van der Waals surface area (Å²) < 4.78 is 7.37. The summed E-state index contributed by atoms with van der Waals surface area (Å²) in [5.41, 5.74) is 3.24. The molecular weight excluding hydrogens is 302 g/mol. The van der Waals surface area contributed by atoms with Gasteiger partial charge >= 0.3 is 0 Å². The van der Waals surface area contributed by atoms with Crippen molar-refractivity contribution in [3.05, 3.63) is 29.6 Å². The predicted octanol–water partition coefficient (Wildman–Crippen LogP) is 3.45. The number of rotatable bonds is 9. The van der Waals surface area contributed by atoms with Gasteiger partial charge in [0, 0.05) is 49.1 Å². The fraction of sp³-hybridized carbons (Fsp3) is 0.579. The molecule has 3 rings (SSSR count). The van der Waals surface area contributed by atoms with Gasteiger partial charge in [0.1, 0.15) is 5.65 Å². The smallest absolute Gasteiger partial charge is 0.210 e. The maximum atomic E-state index is 11.5. The molecule has 24 heavy (non-hydrogen) atoms. The first-order valence-electron chi connectivity index (χ1n) is 8.83. The lowest BCUT2D eigenvalue weighted by Gasteiger charge is -2.24. The number of unbranched alkanes of at least 4 members (excludes halogenated alkanes) is 1. The molecule has 130 valence electrons. The van der Waals surface area contributed by atoms with Crippen LogP contribution in [0.25, 0.3) is 11.0 Å². The Morgan fingerprint density at radius 3 is 2.88 bits per heavy atom. The number of nitrogens with zero attached hydrogens (tertiary/aromatic N) is 3. The van der Waals surface area contributed by atoms with Crippen LogP contribution in [0, 0.1) is 6.92 Å². The number of carbonyl (C=O) groups is 1. The van der Waals surface area contributed by atoms with E-state index >= 15 is 0 Å². The Bertz CT molecular complexity index is 706. The molecule has 2 aromatic rings. The third-order valence-corrected chi connectivity index (χ3v) is 4.88. The maximum Gasteiger partial charge on any atom is 0.210 e. The first-order valence-corrected chi connectivity index (χ1v) is 8.83. The molecule has 0 aliphatic heterocycles. The number of aromatic nitrogens is 2. The molecule has 0 bridgehead atoms. The number of amides is 1. The summed E-state index contributed by atoms with van der Waals surface area (Å²) in [5.74, 6) is 0.